The standard InChI is InChI=1S/C20H17ClFN3O2S/c1-11-7-14(8-12(2)17(11)26)9-16(21)19-24-25-20(28-19)18(27)23-10-13-3-5-15(22)6-4-13/h3-9,26H,10H2,1-2H3,(H,23,27). The van der Waals surface area contributed by atoms with Crippen LogP contribution in [0.4, 0.5) is 4.39 Å². The Morgan fingerprint density at radius 1 is 1.18 bits per heavy atom. The van der Waals surface area contributed by atoms with Crippen LogP contribution in [0, 0.1) is 19.7 Å². The Morgan fingerprint density at radius 3 is 2.43 bits per heavy atom. The first-order valence-electron chi connectivity index (χ1n) is 8.37. The van der Waals surface area contributed by atoms with E-state index in [-0.39, 0.29) is 29.0 Å². The number of carbonyl (C=O) groups excluding carboxylic acids is 1. The average molecular weight is 418 g/mol. The number of rotatable bonds is 5. The highest BCUT2D eigenvalue weighted by atomic mass is 35.5. The van der Waals surface area contributed by atoms with Gasteiger partial charge in [0.05, 0.1) is 5.03 Å². The van der Waals surface area contributed by atoms with Gasteiger partial charge in [0.25, 0.3) is 5.91 Å². The predicted molar refractivity (Wildman–Crippen MR) is 109 cm³/mol. The van der Waals surface area contributed by atoms with Gasteiger partial charge in [-0.1, -0.05) is 35.1 Å². The van der Waals surface area contributed by atoms with E-state index in [9.17, 15) is 14.3 Å². The molecule has 144 valence electrons. The lowest BCUT2D eigenvalue weighted by Crippen LogP contribution is -2.22. The average Bonchev–Trinajstić information content (AvgIpc) is 3.16. The highest BCUT2D eigenvalue weighted by molar-refractivity contribution is 7.15. The molecular formula is C20H17ClFN3O2S. The van der Waals surface area contributed by atoms with Gasteiger partial charge in [0.1, 0.15) is 11.6 Å². The molecule has 0 aliphatic carbocycles. The van der Waals surface area contributed by atoms with Crippen molar-refractivity contribution in [2.24, 2.45) is 0 Å². The smallest absolute Gasteiger partial charge is 0.282 e. The van der Waals surface area contributed by atoms with Crippen LogP contribution in [0.1, 0.15) is 37.1 Å². The number of aryl methyl sites for hydroxylation is 2. The van der Waals surface area contributed by atoms with Crippen molar-refractivity contribution in [2.75, 3.05) is 0 Å². The van der Waals surface area contributed by atoms with E-state index in [4.69, 9.17) is 11.6 Å². The number of halogens is 2. The van der Waals surface area contributed by atoms with Crippen LogP contribution in [0.3, 0.4) is 0 Å². The second kappa shape index (κ2) is 8.50. The summed E-state index contributed by atoms with van der Waals surface area (Å²) >= 11 is 7.40. The number of hydrogen-bond donors (Lipinski definition) is 2. The van der Waals surface area contributed by atoms with E-state index < -0.39 is 0 Å². The molecule has 0 aliphatic heterocycles. The molecule has 0 bridgehead atoms. The summed E-state index contributed by atoms with van der Waals surface area (Å²) in [6.45, 7) is 3.87. The van der Waals surface area contributed by atoms with Gasteiger partial charge >= 0.3 is 0 Å². The van der Waals surface area contributed by atoms with E-state index in [0.717, 1.165) is 33.6 Å². The number of carbonyl (C=O) groups is 1. The second-order valence-corrected chi connectivity index (χ2v) is 7.60. The molecule has 1 aromatic heterocycles. The number of hydrogen-bond acceptors (Lipinski definition) is 5. The SMILES string of the molecule is Cc1cc(C=C(Cl)c2nnc(C(=O)NCc3ccc(F)cc3)s2)cc(C)c1O. The third kappa shape index (κ3) is 4.74. The minimum Gasteiger partial charge on any atom is -0.507 e. The van der Waals surface area contributed by atoms with Gasteiger partial charge in [0.2, 0.25) is 5.01 Å². The molecule has 28 heavy (non-hydrogen) atoms. The quantitative estimate of drug-likeness (QED) is 0.632. The van der Waals surface area contributed by atoms with Crippen molar-refractivity contribution in [3.8, 4) is 5.75 Å². The molecule has 0 saturated carbocycles. The van der Waals surface area contributed by atoms with Gasteiger partial charge in [-0.25, -0.2) is 4.39 Å². The monoisotopic (exact) mass is 417 g/mol. The molecule has 0 atom stereocenters. The van der Waals surface area contributed by atoms with E-state index in [0.29, 0.717) is 10.0 Å². The molecule has 0 spiro atoms. The van der Waals surface area contributed by atoms with Gasteiger partial charge in [0, 0.05) is 6.54 Å². The molecular weight excluding hydrogens is 401 g/mol. The first-order chi connectivity index (χ1) is 13.3. The zero-order chi connectivity index (χ0) is 20.3. The van der Waals surface area contributed by atoms with Crippen LogP contribution in [-0.4, -0.2) is 21.2 Å². The topological polar surface area (TPSA) is 75.1 Å². The maximum Gasteiger partial charge on any atom is 0.282 e. The van der Waals surface area contributed by atoms with Crippen LogP contribution < -0.4 is 5.32 Å². The minimum absolute atomic E-state index is 0.182. The van der Waals surface area contributed by atoms with E-state index in [2.05, 4.69) is 15.5 Å². The third-order valence-corrected chi connectivity index (χ3v) is 5.35. The lowest BCUT2D eigenvalue weighted by molar-refractivity contribution is 0.0950. The van der Waals surface area contributed by atoms with Gasteiger partial charge in [-0.3, -0.25) is 4.79 Å². The lowest BCUT2D eigenvalue weighted by atomic mass is 10.1. The van der Waals surface area contributed by atoms with Crippen molar-refractivity contribution in [3.63, 3.8) is 0 Å². The molecule has 0 unspecified atom stereocenters. The first kappa shape index (κ1) is 20.0. The molecule has 8 heteroatoms. The fraction of sp³-hybridized carbons (Fsp3) is 0.150. The molecule has 3 rings (SSSR count). The Hall–Kier alpha value is -2.77. The maximum absolute atomic E-state index is 12.9. The van der Waals surface area contributed by atoms with Crippen molar-refractivity contribution in [2.45, 2.75) is 20.4 Å². The summed E-state index contributed by atoms with van der Waals surface area (Å²) in [7, 11) is 0. The van der Waals surface area contributed by atoms with Crippen molar-refractivity contribution in [3.05, 3.63) is 74.5 Å². The molecule has 5 nitrogen and oxygen atoms in total. The van der Waals surface area contributed by atoms with Gasteiger partial charge in [-0.15, -0.1) is 10.2 Å². The number of benzene rings is 2. The Bertz CT molecular complexity index is 1020. The van der Waals surface area contributed by atoms with Crippen molar-refractivity contribution in [1.82, 2.24) is 15.5 Å². The summed E-state index contributed by atoms with van der Waals surface area (Å²) in [5.41, 5.74) is 3.08. The lowest BCUT2D eigenvalue weighted by Gasteiger charge is -2.05. The zero-order valence-electron chi connectivity index (χ0n) is 15.2. The van der Waals surface area contributed by atoms with E-state index in [1.165, 1.54) is 12.1 Å². The molecule has 2 N–H and O–H groups in total. The Labute approximate surface area is 170 Å². The highest BCUT2D eigenvalue weighted by Gasteiger charge is 2.14. The molecule has 0 fully saturated rings. The van der Waals surface area contributed by atoms with E-state index in [1.54, 1.807) is 18.2 Å². The maximum atomic E-state index is 12.9. The first-order valence-corrected chi connectivity index (χ1v) is 9.57. The Morgan fingerprint density at radius 2 is 1.79 bits per heavy atom. The molecule has 1 amide bonds. The molecule has 3 aromatic rings. The summed E-state index contributed by atoms with van der Waals surface area (Å²) in [5.74, 6) is -0.456. The number of amides is 1. The van der Waals surface area contributed by atoms with Gasteiger partial charge in [0.15, 0.2) is 5.01 Å². The van der Waals surface area contributed by atoms with Crippen molar-refractivity contribution >= 4 is 40.0 Å². The summed E-state index contributed by atoms with van der Waals surface area (Å²) in [6.07, 6.45) is 1.71. The van der Waals surface area contributed by atoms with Crippen LogP contribution in [0.25, 0.3) is 11.1 Å². The van der Waals surface area contributed by atoms with Crippen LogP contribution in [0.2, 0.25) is 0 Å². The van der Waals surface area contributed by atoms with Gasteiger partial charge in [-0.05, 0) is 66.4 Å². The normalized spacial score (nSPS) is 11.5. The van der Waals surface area contributed by atoms with Crippen LogP contribution >= 0.6 is 22.9 Å². The van der Waals surface area contributed by atoms with Crippen molar-refractivity contribution in [1.29, 1.82) is 0 Å². The number of aromatic nitrogens is 2. The Balaban J connectivity index is 1.70. The van der Waals surface area contributed by atoms with Crippen LogP contribution in [0.15, 0.2) is 36.4 Å². The summed E-state index contributed by atoms with van der Waals surface area (Å²) in [4.78, 5) is 12.2. The second-order valence-electron chi connectivity index (χ2n) is 6.22. The fourth-order valence-corrected chi connectivity index (χ4v) is 3.50. The van der Waals surface area contributed by atoms with Gasteiger partial charge < -0.3 is 10.4 Å². The Kier molecular flexibility index (Phi) is 6.06. The largest absolute Gasteiger partial charge is 0.507 e. The number of nitrogens with one attached hydrogen (secondary N) is 1. The van der Waals surface area contributed by atoms with Crippen LogP contribution in [0.5, 0.6) is 5.75 Å². The summed E-state index contributed by atoms with van der Waals surface area (Å²) < 4.78 is 12.9. The highest BCUT2D eigenvalue weighted by Crippen LogP contribution is 2.28. The van der Waals surface area contributed by atoms with Gasteiger partial charge in [-0.2, -0.15) is 0 Å². The van der Waals surface area contributed by atoms with Crippen LogP contribution in [-0.2, 0) is 6.54 Å². The van der Waals surface area contributed by atoms with E-state index in [1.807, 2.05) is 26.0 Å². The molecule has 2 aromatic carbocycles. The minimum atomic E-state index is -0.381. The molecule has 1 heterocycles. The third-order valence-electron chi connectivity index (χ3n) is 4.00. The molecule has 0 aliphatic rings. The number of phenolic OH excluding ortho intramolecular Hbond substituents is 1. The van der Waals surface area contributed by atoms with E-state index >= 15 is 0 Å². The number of aromatic hydroxyl groups is 1. The fourth-order valence-electron chi connectivity index (χ4n) is 2.55. The molecule has 0 radical (unpaired) electrons. The van der Waals surface area contributed by atoms with Crippen molar-refractivity contribution < 1.29 is 14.3 Å². The number of phenols is 1. The molecule has 0 saturated heterocycles. The summed E-state index contributed by atoms with van der Waals surface area (Å²) in [5, 5.41) is 21.4. The number of nitrogens with zero attached hydrogens (tertiary/aromatic N) is 2. The zero-order valence-corrected chi connectivity index (χ0v) is 16.7. The summed E-state index contributed by atoms with van der Waals surface area (Å²) in [6, 6.07) is 9.48. The predicted octanol–water partition coefficient (Wildman–Crippen LogP) is 4.67.